The van der Waals surface area contributed by atoms with Gasteiger partial charge in [-0.1, -0.05) is 36.4 Å². The van der Waals surface area contributed by atoms with E-state index < -0.39 is 0 Å². The lowest BCUT2D eigenvalue weighted by Gasteiger charge is -2.06. The molecule has 1 N–H and O–H groups in total. The van der Waals surface area contributed by atoms with E-state index in [2.05, 4.69) is 5.32 Å². The molecular formula is C19H15N3O2. The lowest BCUT2D eigenvalue weighted by Crippen LogP contribution is -2.13. The highest BCUT2D eigenvalue weighted by atomic mass is 16.3. The molecule has 0 saturated carbocycles. The second kappa shape index (κ2) is 5.70. The summed E-state index contributed by atoms with van der Waals surface area (Å²) in [7, 11) is 0. The van der Waals surface area contributed by atoms with E-state index >= 15 is 0 Å². The molecule has 4 aromatic rings. The number of hydrogen-bond acceptors (Lipinski definition) is 3. The summed E-state index contributed by atoms with van der Waals surface area (Å²) in [5, 5.41) is 2.93. The zero-order valence-electron chi connectivity index (χ0n) is 13.1. The fourth-order valence-electron chi connectivity index (χ4n) is 2.70. The van der Waals surface area contributed by atoms with Crippen molar-refractivity contribution in [1.29, 1.82) is 0 Å². The first-order chi connectivity index (χ1) is 11.7. The van der Waals surface area contributed by atoms with E-state index in [1.165, 1.54) is 6.26 Å². The van der Waals surface area contributed by atoms with Gasteiger partial charge in [0.2, 0.25) is 0 Å². The standard InChI is InChI=1S/C19H15N3O2/c1-13-7-5-11-22-17(13)20-16(14-8-3-2-4-9-14)18(22)21-19(23)15-10-6-12-24-15/h2-12H,1H3,(H,21,23). The van der Waals surface area contributed by atoms with Crippen LogP contribution in [0.3, 0.4) is 0 Å². The molecule has 3 heterocycles. The van der Waals surface area contributed by atoms with E-state index in [0.29, 0.717) is 5.82 Å². The molecule has 0 aliphatic heterocycles. The van der Waals surface area contributed by atoms with E-state index in [9.17, 15) is 4.79 Å². The summed E-state index contributed by atoms with van der Waals surface area (Å²) in [6.45, 7) is 2.00. The molecule has 0 bridgehead atoms. The minimum Gasteiger partial charge on any atom is -0.459 e. The van der Waals surface area contributed by atoms with Crippen molar-refractivity contribution >= 4 is 17.4 Å². The summed E-state index contributed by atoms with van der Waals surface area (Å²) in [6, 6.07) is 17.0. The number of rotatable bonds is 3. The number of benzene rings is 1. The molecule has 0 aliphatic carbocycles. The third-order valence-corrected chi connectivity index (χ3v) is 3.87. The molecule has 4 rings (SSSR count). The Labute approximate surface area is 138 Å². The number of nitrogens with zero attached hydrogens (tertiary/aromatic N) is 2. The van der Waals surface area contributed by atoms with Gasteiger partial charge >= 0.3 is 0 Å². The third kappa shape index (κ3) is 2.36. The number of aromatic nitrogens is 2. The van der Waals surface area contributed by atoms with Gasteiger partial charge in [0.05, 0.1) is 6.26 Å². The van der Waals surface area contributed by atoms with Crippen LogP contribution in [-0.4, -0.2) is 15.3 Å². The number of anilines is 1. The number of carbonyl (C=O) groups excluding carboxylic acids is 1. The minimum atomic E-state index is -0.305. The highest BCUT2D eigenvalue weighted by molar-refractivity contribution is 6.04. The van der Waals surface area contributed by atoms with Gasteiger partial charge in [-0.3, -0.25) is 9.20 Å². The maximum atomic E-state index is 12.4. The first-order valence-corrected chi connectivity index (χ1v) is 7.62. The van der Waals surface area contributed by atoms with Crippen molar-refractivity contribution in [2.75, 3.05) is 5.32 Å². The summed E-state index contributed by atoms with van der Waals surface area (Å²) in [4.78, 5) is 17.2. The number of carbonyl (C=O) groups is 1. The lowest BCUT2D eigenvalue weighted by molar-refractivity contribution is 0.0996. The zero-order chi connectivity index (χ0) is 16.5. The summed E-state index contributed by atoms with van der Waals surface area (Å²) in [6.07, 6.45) is 3.37. The number of hydrogen-bond donors (Lipinski definition) is 1. The van der Waals surface area contributed by atoms with E-state index in [4.69, 9.17) is 9.40 Å². The Balaban J connectivity index is 1.88. The van der Waals surface area contributed by atoms with Crippen LogP contribution in [0, 0.1) is 6.92 Å². The van der Waals surface area contributed by atoms with Gasteiger partial charge in [-0.15, -0.1) is 0 Å². The maximum absolute atomic E-state index is 12.4. The van der Waals surface area contributed by atoms with Crippen LogP contribution in [0.5, 0.6) is 0 Å². The summed E-state index contributed by atoms with van der Waals surface area (Å²) < 4.78 is 7.07. The van der Waals surface area contributed by atoms with Gasteiger partial charge in [-0.25, -0.2) is 4.98 Å². The molecule has 5 heteroatoms. The molecule has 0 fully saturated rings. The van der Waals surface area contributed by atoms with E-state index in [0.717, 1.165) is 22.5 Å². The first kappa shape index (κ1) is 14.3. The third-order valence-electron chi connectivity index (χ3n) is 3.87. The molecule has 0 radical (unpaired) electrons. The zero-order valence-corrected chi connectivity index (χ0v) is 13.1. The molecule has 0 atom stereocenters. The molecule has 118 valence electrons. The molecule has 24 heavy (non-hydrogen) atoms. The monoisotopic (exact) mass is 317 g/mol. The van der Waals surface area contributed by atoms with Gasteiger partial charge in [0.25, 0.3) is 5.91 Å². The second-order valence-corrected chi connectivity index (χ2v) is 5.49. The highest BCUT2D eigenvalue weighted by Crippen LogP contribution is 2.30. The smallest absolute Gasteiger partial charge is 0.292 e. The first-order valence-electron chi connectivity index (χ1n) is 7.62. The van der Waals surface area contributed by atoms with E-state index in [1.54, 1.807) is 12.1 Å². The fourth-order valence-corrected chi connectivity index (χ4v) is 2.70. The van der Waals surface area contributed by atoms with Crippen molar-refractivity contribution in [2.45, 2.75) is 6.92 Å². The molecule has 0 aliphatic rings. The molecule has 3 aromatic heterocycles. The number of fused-ring (bicyclic) bond motifs is 1. The Morgan fingerprint density at radius 3 is 2.67 bits per heavy atom. The molecule has 5 nitrogen and oxygen atoms in total. The van der Waals surface area contributed by atoms with Crippen molar-refractivity contribution in [3.8, 4) is 11.3 Å². The van der Waals surface area contributed by atoms with Gasteiger partial charge in [0.15, 0.2) is 5.76 Å². The van der Waals surface area contributed by atoms with Crippen LogP contribution in [0.2, 0.25) is 0 Å². The Morgan fingerprint density at radius 2 is 1.92 bits per heavy atom. The van der Waals surface area contributed by atoms with E-state index in [1.807, 2.05) is 60.0 Å². The largest absolute Gasteiger partial charge is 0.459 e. The predicted molar refractivity (Wildman–Crippen MR) is 92.0 cm³/mol. The Morgan fingerprint density at radius 1 is 1.08 bits per heavy atom. The van der Waals surface area contributed by atoms with Gasteiger partial charge in [-0.2, -0.15) is 0 Å². The fraction of sp³-hybridized carbons (Fsp3) is 0.0526. The van der Waals surface area contributed by atoms with Crippen LogP contribution in [0.25, 0.3) is 16.9 Å². The average molecular weight is 317 g/mol. The van der Waals surface area contributed by atoms with Crippen LogP contribution in [-0.2, 0) is 0 Å². The van der Waals surface area contributed by atoms with Gasteiger partial charge in [0.1, 0.15) is 17.2 Å². The van der Waals surface area contributed by atoms with Crippen molar-refractivity contribution in [3.05, 3.63) is 78.4 Å². The van der Waals surface area contributed by atoms with Crippen LogP contribution in [0.15, 0.2) is 71.5 Å². The summed E-state index contributed by atoms with van der Waals surface area (Å²) in [5.74, 6) is 0.582. The van der Waals surface area contributed by atoms with Crippen molar-refractivity contribution in [1.82, 2.24) is 9.38 Å². The van der Waals surface area contributed by atoms with Crippen LogP contribution >= 0.6 is 0 Å². The molecular weight excluding hydrogens is 302 g/mol. The summed E-state index contributed by atoms with van der Waals surface area (Å²) >= 11 is 0. The highest BCUT2D eigenvalue weighted by Gasteiger charge is 2.19. The minimum absolute atomic E-state index is 0.261. The Hall–Kier alpha value is -3.34. The van der Waals surface area contributed by atoms with Crippen molar-refractivity contribution in [3.63, 3.8) is 0 Å². The molecule has 0 unspecified atom stereocenters. The topological polar surface area (TPSA) is 59.5 Å². The number of imidazole rings is 1. The number of nitrogens with one attached hydrogen (secondary N) is 1. The number of amides is 1. The molecule has 1 aromatic carbocycles. The maximum Gasteiger partial charge on any atom is 0.292 e. The van der Waals surface area contributed by atoms with Gasteiger partial charge in [0, 0.05) is 11.8 Å². The predicted octanol–water partition coefficient (Wildman–Crippen LogP) is 4.16. The average Bonchev–Trinajstić information content (AvgIpc) is 3.25. The second-order valence-electron chi connectivity index (χ2n) is 5.49. The van der Waals surface area contributed by atoms with Crippen molar-refractivity contribution < 1.29 is 9.21 Å². The molecule has 0 spiro atoms. The van der Waals surface area contributed by atoms with Crippen LogP contribution in [0.4, 0.5) is 5.82 Å². The van der Waals surface area contributed by atoms with Gasteiger partial charge < -0.3 is 9.73 Å². The Bertz CT molecular complexity index is 1000. The lowest BCUT2D eigenvalue weighted by atomic mass is 10.1. The number of furan rings is 1. The summed E-state index contributed by atoms with van der Waals surface area (Å²) in [5.41, 5.74) is 3.51. The SMILES string of the molecule is Cc1cccn2c(NC(=O)c3ccco3)c(-c3ccccc3)nc12. The Kier molecular flexibility index (Phi) is 3.39. The van der Waals surface area contributed by atoms with E-state index in [-0.39, 0.29) is 11.7 Å². The van der Waals surface area contributed by atoms with Crippen LogP contribution < -0.4 is 5.32 Å². The van der Waals surface area contributed by atoms with Gasteiger partial charge in [-0.05, 0) is 30.7 Å². The molecule has 0 saturated heterocycles. The molecule has 1 amide bonds. The van der Waals surface area contributed by atoms with Crippen molar-refractivity contribution in [2.24, 2.45) is 0 Å². The van der Waals surface area contributed by atoms with Crippen LogP contribution in [0.1, 0.15) is 16.1 Å². The normalized spacial score (nSPS) is 10.9. The number of aryl methyl sites for hydroxylation is 1. The number of pyridine rings is 1. The quantitative estimate of drug-likeness (QED) is 0.617.